The normalized spacial score (nSPS) is 14.9. The van der Waals surface area contributed by atoms with Gasteiger partial charge in [-0.2, -0.15) is 0 Å². The summed E-state index contributed by atoms with van der Waals surface area (Å²) in [6.07, 6.45) is 5.70. The van der Waals surface area contributed by atoms with E-state index in [2.05, 4.69) is 17.1 Å². The number of para-hydroxylation sites is 1. The Morgan fingerprint density at radius 1 is 1.03 bits per heavy atom. The van der Waals surface area contributed by atoms with Gasteiger partial charge in [0, 0.05) is 29.1 Å². The summed E-state index contributed by atoms with van der Waals surface area (Å²) in [6.45, 7) is 4.54. The van der Waals surface area contributed by atoms with Crippen molar-refractivity contribution in [3.05, 3.63) is 75.9 Å². The van der Waals surface area contributed by atoms with E-state index < -0.39 is 0 Å². The average Bonchev–Trinajstić information content (AvgIpc) is 2.73. The number of nitrogens with zero attached hydrogens (tertiary/aromatic N) is 2. The molecule has 150 valence electrons. The first kappa shape index (κ1) is 19.9. The largest absolute Gasteiger partial charge is 0.331 e. The van der Waals surface area contributed by atoms with E-state index in [1.807, 2.05) is 55.1 Å². The van der Waals surface area contributed by atoms with Crippen LogP contribution in [0.15, 0.2) is 48.5 Å². The van der Waals surface area contributed by atoms with Crippen LogP contribution >= 0.6 is 11.6 Å². The molecule has 1 saturated carbocycles. The van der Waals surface area contributed by atoms with Crippen LogP contribution in [0.5, 0.6) is 0 Å². The third-order valence-electron chi connectivity index (χ3n) is 6.07. The average molecular weight is 407 g/mol. The molecule has 0 aliphatic heterocycles. The van der Waals surface area contributed by atoms with Crippen LogP contribution in [0, 0.1) is 13.8 Å². The fourth-order valence-electron chi connectivity index (χ4n) is 4.39. The number of aryl methyl sites for hydroxylation is 2. The zero-order valence-electron chi connectivity index (χ0n) is 17.1. The molecule has 1 fully saturated rings. The van der Waals surface area contributed by atoms with E-state index in [-0.39, 0.29) is 11.9 Å². The Balaban J connectivity index is 1.72. The first-order chi connectivity index (χ1) is 14.0. The number of hydrogen-bond acceptors (Lipinski definition) is 2. The van der Waals surface area contributed by atoms with E-state index in [1.165, 1.54) is 19.3 Å². The van der Waals surface area contributed by atoms with Crippen LogP contribution in [0.1, 0.15) is 59.2 Å². The Morgan fingerprint density at radius 2 is 1.76 bits per heavy atom. The summed E-state index contributed by atoms with van der Waals surface area (Å²) in [7, 11) is 0. The van der Waals surface area contributed by atoms with E-state index in [0.717, 1.165) is 46.0 Å². The molecule has 0 saturated heterocycles. The van der Waals surface area contributed by atoms with Gasteiger partial charge in [-0.1, -0.05) is 67.3 Å². The van der Waals surface area contributed by atoms with Crippen LogP contribution in [0.3, 0.4) is 0 Å². The highest BCUT2D eigenvalue weighted by Crippen LogP contribution is 2.29. The number of pyridine rings is 1. The topological polar surface area (TPSA) is 33.2 Å². The highest BCUT2D eigenvalue weighted by molar-refractivity contribution is 6.30. The molecule has 1 aliphatic carbocycles. The van der Waals surface area contributed by atoms with E-state index in [0.29, 0.717) is 11.7 Å². The minimum Gasteiger partial charge on any atom is -0.331 e. The predicted molar refractivity (Wildman–Crippen MR) is 119 cm³/mol. The summed E-state index contributed by atoms with van der Waals surface area (Å²) in [4.78, 5) is 20.2. The maximum Gasteiger partial charge on any atom is 0.254 e. The fourth-order valence-corrected chi connectivity index (χ4v) is 4.59. The van der Waals surface area contributed by atoms with E-state index in [1.54, 1.807) is 0 Å². The maximum absolute atomic E-state index is 13.6. The van der Waals surface area contributed by atoms with Gasteiger partial charge >= 0.3 is 0 Å². The molecule has 0 spiro atoms. The van der Waals surface area contributed by atoms with Crippen molar-refractivity contribution >= 4 is 28.4 Å². The smallest absolute Gasteiger partial charge is 0.254 e. The SMILES string of the molecule is Cc1ccccc1C(=O)N(Cc1cc2cccc(C)c2nc1Cl)C1CCCCC1. The number of fused-ring (bicyclic) bond motifs is 1. The summed E-state index contributed by atoms with van der Waals surface area (Å²) >= 11 is 6.59. The van der Waals surface area contributed by atoms with Gasteiger partial charge in [-0.3, -0.25) is 4.79 Å². The second kappa shape index (κ2) is 8.54. The van der Waals surface area contributed by atoms with Gasteiger partial charge in [-0.05, 0) is 49.9 Å². The third-order valence-corrected chi connectivity index (χ3v) is 6.39. The molecular formula is C25H27ClN2O. The first-order valence-corrected chi connectivity index (χ1v) is 10.8. The number of halogens is 1. The zero-order valence-corrected chi connectivity index (χ0v) is 17.9. The number of benzene rings is 2. The van der Waals surface area contributed by atoms with Crippen molar-refractivity contribution in [1.29, 1.82) is 0 Å². The molecule has 0 radical (unpaired) electrons. The minimum atomic E-state index is 0.0930. The summed E-state index contributed by atoms with van der Waals surface area (Å²) in [5.41, 5.74) is 4.74. The molecule has 4 rings (SSSR count). The van der Waals surface area contributed by atoms with Gasteiger partial charge in [0.2, 0.25) is 0 Å². The minimum absolute atomic E-state index is 0.0930. The van der Waals surface area contributed by atoms with Gasteiger partial charge in [-0.25, -0.2) is 4.98 Å². The standard InChI is InChI=1S/C25H27ClN2O/c1-17-9-6-7-14-22(17)25(29)28(21-12-4-3-5-13-21)16-20-15-19-11-8-10-18(2)23(19)27-24(20)26/h6-11,14-15,21H,3-5,12-13,16H2,1-2H3. The molecule has 0 atom stereocenters. The Morgan fingerprint density at radius 3 is 2.52 bits per heavy atom. The quantitative estimate of drug-likeness (QED) is 0.464. The highest BCUT2D eigenvalue weighted by Gasteiger charge is 2.28. The van der Waals surface area contributed by atoms with Crippen LogP contribution in [0.25, 0.3) is 10.9 Å². The monoisotopic (exact) mass is 406 g/mol. The maximum atomic E-state index is 13.6. The number of amides is 1. The van der Waals surface area contributed by atoms with E-state index in [9.17, 15) is 4.79 Å². The van der Waals surface area contributed by atoms with Gasteiger partial charge in [0.05, 0.1) is 5.52 Å². The lowest BCUT2D eigenvalue weighted by Crippen LogP contribution is -2.41. The molecule has 3 aromatic rings. The number of carbonyl (C=O) groups is 1. The van der Waals surface area contributed by atoms with Crippen molar-refractivity contribution in [3.8, 4) is 0 Å². The number of aromatic nitrogens is 1. The van der Waals surface area contributed by atoms with Crippen LogP contribution in [-0.4, -0.2) is 21.8 Å². The lowest BCUT2D eigenvalue weighted by Gasteiger charge is -2.35. The molecule has 3 nitrogen and oxygen atoms in total. The van der Waals surface area contributed by atoms with Gasteiger partial charge in [-0.15, -0.1) is 0 Å². The van der Waals surface area contributed by atoms with Gasteiger partial charge in [0.1, 0.15) is 5.15 Å². The highest BCUT2D eigenvalue weighted by atomic mass is 35.5. The predicted octanol–water partition coefficient (Wildman–Crippen LogP) is 6.48. The molecule has 0 unspecified atom stereocenters. The summed E-state index contributed by atoms with van der Waals surface area (Å²) in [5.74, 6) is 0.0930. The number of hydrogen-bond donors (Lipinski definition) is 0. The molecule has 0 bridgehead atoms. The second-order valence-electron chi connectivity index (χ2n) is 8.12. The van der Waals surface area contributed by atoms with Gasteiger partial charge in [0.15, 0.2) is 0 Å². The van der Waals surface area contributed by atoms with Crippen molar-refractivity contribution < 1.29 is 4.79 Å². The van der Waals surface area contributed by atoms with Crippen molar-refractivity contribution in [1.82, 2.24) is 9.88 Å². The molecule has 4 heteroatoms. The second-order valence-corrected chi connectivity index (χ2v) is 8.48. The molecule has 1 heterocycles. The molecule has 1 aromatic heterocycles. The van der Waals surface area contributed by atoms with Gasteiger partial charge < -0.3 is 4.90 Å². The van der Waals surface area contributed by atoms with E-state index >= 15 is 0 Å². The molecule has 1 amide bonds. The summed E-state index contributed by atoms with van der Waals surface area (Å²) in [5, 5.41) is 1.56. The van der Waals surface area contributed by atoms with Crippen molar-refractivity contribution in [2.75, 3.05) is 0 Å². The fraction of sp³-hybridized carbons (Fsp3) is 0.360. The molecule has 1 aliphatic rings. The van der Waals surface area contributed by atoms with Crippen LogP contribution in [0.4, 0.5) is 0 Å². The number of rotatable bonds is 4. The van der Waals surface area contributed by atoms with Crippen LogP contribution in [0.2, 0.25) is 5.15 Å². The van der Waals surface area contributed by atoms with Crippen molar-refractivity contribution in [2.45, 2.75) is 58.5 Å². The lowest BCUT2D eigenvalue weighted by molar-refractivity contribution is 0.0613. The zero-order chi connectivity index (χ0) is 20.4. The van der Waals surface area contributed by atoms with E-state index in [4.69, 9.17) is 11.6 Å². The molecule has 29 heavy (non-hydrogen) atoms. The Hall–Kier alpha value is -2.39. The molecular weight excluding hydrogens is 380 g/mol. The molecule has 0 N–H and O–H groups in total. The summed E-state index contributed by atoms with van der Waals surface area (Å²) < 4.78 is 0. The first-order valence-electron chi connectivity index (χ1n) is 10.5. The van der Waals surface area contributed by atoms with Gasteiger partial charge in [0.25, 0.3) is 5.91 Å². The number of carbonyl (C=O) groups excluding carboxylic acids is 1. The Labute approximate surface area is 177 Å². The Kier molecular flexibility index (Phi) is 5.86. The Bertz CT molecular complexity index is 1040. The lowest BCUT2D eigenvalue weighted by atomic mass is 9.93. The van der Waals surface area contributed by atoms with Crippen LogP contribution < -0.4 is 0 Å². The third kappa shape index (κ3) is 4.16. The molecule has 2 aromatic carbocycles. The van der Waals surface area contributed by atoms with Crippen molar-refractivity contribution in [2.24, 2.45) is 0 Å². The summed E-state index contributed by atoms with van der Waals surface area (Å²) in [6, 6.07) is 16.3. The van der Waals surface area contributed by atoms with Crippen molar-refractivity contribution in [3.63, 3.8) is 0 Å². The van der Waals surface area contributed by atoms with Crippen LogP contribution in [-0.2, 0) is 6.54 Å².